The Balaban J connectivity index is 0.000000426. The predicted molar refractivity (Wildman–Crippen MR) is 118 cm³/mol. The van der Waals surface area contributed by atoms with Crippen LogP contribution in [0.4, 0.5) is 26.3 Å². The number of rotatable bonds is 5. The van der Waals surface area contributed by atoms with Gasteiger partial charge in [-0.15, -0.1) is 0 Å². The first kappa shape index (κ1) is 33.0. The van der Waals surface area contributed by atoms with Gasteiger partial charge in [0.15, 0.2) is 0 Å². The molecule has 16 heteroatoms. The summed E-state index contributed by atoms with van der Waals surface area (Å²) in [5, 5.41) is 14.2. The molecule has 38 heavy (non-hydrogen) atoms. The number of carbonyl (C=O) groups excluding carboxylic acids is 1. The van der Waals surface area contributed by atoms with Crippen molar-refractivity contribution in [2.24, 2.45) is 5.92 Å². The molecule has 0 radical (unpaired) electrons. The number of piperidine rings is 1. The summed E-state index contributed by atoms with van der Waals surface area (Å²) in [6.07, 6.45) is -9.06. The lowest BCUT2D eigenvalue weighted by atomic mass is 9.88. The summed E-state index contributed by atoms with van der Waals surface area (Å²) in [5.41, 5.74) is 1.41. The summed E-state index contributed by atoms with van der Waals surface area (Å²) in [6.45, 7) is 6.09. The minimum Gasteiger partial charge on any atom is -0.475 e. The van der Waals surface area contributed by atoms with Gasteiger partial charge in [-0.1, -0.05) is 6.07 Å². The molecule has 2 fully saturated rings. The van der Waals surface area contributed by atoms with Gasteiger partial charge in [-0.05, 0) is 25.5 Å². The second-order valence-electron chi connectivity index (χ2n) is 8.31. The van der Waals surface area contributed by atoms with Crippen LogP contribution in [0, 0.1) is 12.8 Å². The van der Waals surface area contributed by atoms with Gasteiger partial charge in [-0.2, -0.15) is 26.3 Å². The molecule has 2 saturated heterocycles. The number of carboxylic acid groups (broad SMARTS) is 2. The number of alkyl halides is 6. The van der Waals surface area contributed by atoms with E-state index in [1.165, 1.54) is 0 Å². The number of likely N-dealkylation sites (tertiary alicyclic amines) is 2. The van der Waals surface area contributed by atoms with Gasteiger partial charge in [0.25, 0.3) is 5.91 Å². The van der Waals surface area contributed by atoms with Crippen LogP contribution >= 0.6 is 0 Å². The van der Waals surface area contributed by atoms with Gasteiger partial charge in [0.05, 0.1) is 18.8 Å². The minimum atomic E-state index is -5.08. The van der Waals surface area contributed by atoms with Gasteiger partial charge in [0.2, 0.25) is 0 Å². The van der Waals surface area contributed by atoms with Crippen molar-refractivity contribution in [3.63, 3.8) is 0 Å². The van der Waals surface area contributed by atoms with Gasteiger partial charge >= 0.3 is 24.3 Å². The molecule has 1 amide bonds. The van der Waals surface area contributed by atoms with Crippen molar-refractivity contribution in [3.8, 4) is 0 Å². The molecule has 3 rings (SSSR count). The summed E-state index contributed by atoms with van der Waals surface area (Å²) in [5.74, 6) is -5.12. The molecular weight excluding hydrogens is 532 g/mol. The third-order valence-electron chi connectivity index (χ3n) is 5.71. The van der Waals surface area contributed by atoms with Crippen LogP contribution in [0.1, 0.15) is 22.6 Å². The van der Waals surface area contributed by atoms with Gasteiger partial charge < -0.3 is 24.6 Å². The van der Waals surface area contributed by atoms with Crippen LogP contribution in [0.2, 0.25) is 0 Å². The normalized spacial score (nSPS) is 21.4. The third-order valence-corrected chi connectivity index (χ3v) is 5.71. The molecule has 0 unspecified atom stereocenters. The van der Waals surface area contributed by atoms with Crippen LogP contribution in [0.15, 0.2) is 18.2 Å². The molecule has 0 aliphatic carbocycles. The molecule has 10 nitrogen and oxygen atoms in total. The average Bonchev–Trinajstić information content (AvgIpc) is 3.25. The Bertz CT molecular complexity index is 921. The summed E-state index contributed by atoms with van der Waals surface area (Å²) >= 11 is 0. The van der Waals surface area contributed by atoms with E-state index in [1.807, 2.05) is 30.0 Å². The fraction of sp³-hybridized carbons (Fsp3) is 0.636. The van der Waals surface area contributed by atoms with Crippen LogP contribution in [-0.2, 0) is 19.1 Å². The van der Waals surface area contributed by atoms with Crippen molar-refractivity contribution in [1.29, 1.82) is 0 Å². The number of methoxy groups -OCH3 is 2. The quantitative estimate of drug-likeness (QED) is 0.521. The number of aryl methyl sites for hydroxylation is 1. The molecule has 2 N–H and O–H groups in total. The number of halogens is 6. The van der Waals surface area contributed by atoms with Gasteiger partial charge in [0, 0.05) is 52.0 Å². The van der Waals surface area contributed by atoms with Crippen LogP contribution in [0.25, 0.3) is 0 Å². The Hall–Kier alpha value is -2.98. The van der Waals surface area contributed by atoms with Crippen molar-refractivity contribution < 1.29 is 60.4 Å². The van der Waals surface area contributed by atoms with Crippen molar-refractivity contribution in [3.05, 3.63) is 29.6 Å². The van der Waals surface area contributed by atoms with Crippen LogP contribution in [0.3, 0.4) is 0 Å². The number of fused-ring (bicyclic) bond motifs is 1. The molecule has 0 bridgehead atoms. The van der Waals surface area contributed by atoms with Crippen molar-refractivity contribution in [2.45, 2.75) is 37.8 Å². The second kappa shape index (κ2) is 14.2. The summed E-state index contributed by atoms with van der Waals surface area (Å²) in [6, 6.07) is 5.81. The maximum atomic E-state index is 13.0. The topological polar surface area (TPSA) is 130 Å². The first-order valence-electron chi connectivity index (χ1n) is 11.1. The molecule has 0 saturated carbocycles. The molecular formula is C22H29F6N3O7. The third kappa shape index (κ3) is 10.1. The zero-order chi connectivity index (χ0) is 29.3. The summed E-state index contributed by atoms with van der Waals surface area (Å²) < 4.78 is 74.4. The first-order chi connectivity index (χ1) is 17.5. The lowest BCUT2D eigenvalue weighted by Crippen LogP contribution is -2.53. The number of amides is 1. The molecule has 0 aromatic carbocycles. The number of carboxylic acids is 2. The molecule has 1 aromatic rings. The summed E-state index contributed by atoms with van der Waals surface area (Å²) in [7, 11) is 3.50. The smallest absolute Gasteiger partial charge is 0.475 e. The lowest BCUT2D eigenvalue weighted by molar-refractivity contribution is -0.193. The summed E-state index contributed by atoms with van der Waals surface area (Å²) in [4.78, 5) is 39.6. The number of pyridine rings is 1. The molecule has 0 spiro atoms. The van der Waals surface area contributed by atoms with Crippen molar-refractivity contribution in [2.75, 3.05) is 47.0 Å². The Kier molecular flexibility index (Phi) is 12.4. The van der Waals surface area contributed by atoms with Crippen LogP contribution in [0.5, 0.6) is 0 Å². The van der Waals surface area contributed by atoms with E-state index in [2.05, 4.69) is 9.88 Å². The minimum absolute atomic E-state index is 0.0387. The monoisotopic (exact) mass is 561 g/mol. The molecule has 3 atom stereocenters. The molecule has 3 heterocycles. The second-order valence-corrected chi connectivity index (χ2v) is 8.31. The fourth-order valence-electron chi connectivity index (χ4n) is 3.99. The van der Waals surface area contributed by atoms with E-state index < -0.39 is 24.3 Å². The van der Waals surface area contributed by atoms with Gasteiger partial charge in [-0.25, -0.2) is 14.6 Å². The van der Waals surface area contributed by atoms with E-state index in [1.54, 1.807) is 14.2 Å². The fourth-order valence-corrected chi connectivity index (χ4v) is 3.99. The maximum absolute atomic E-state index is 13.0. The number of aliphatic carboxylic acids is 2. The van der Waals surface area contributed by atoms with E-state index in [4.69, 9.17) is 29.3 Å². The zero-order valence-corrected chi connectivity index (χ0v) is 20.8. The van der Waals surface area contributed by atoms with Crippen LogP contribution in [-0.4, -0.2) is 114 Å². The number of aromatic nitrogens is 1. The number of carbonyl (C=O) groups is 3. The van der Waals surface area contributed by atoms with E-state index in [0.29, 0.717) is 18.2 Å². The SMILES string of the molecule is COCCN1C[C@H]2[C@@H](C1)N(C(=O)c1cccc(C)n1)CC[C@H]2OC.O=C(O)C(F)(F)F.O=C(O)C(F)(F)F. The molecule has 2 aliphatic rings. The Morgan fingerprint density at radius 1 is 1.03 bits per heavy atom. The highest BCUT2D eigenvalue weighted by Crippen LogP contribution is 2.33. The standard InChI is InChI=1S/C18H27N3O3.2C2HF3O2/c1-13-5-4-6-15(19-13)18(22)21-8-7-17(24-3)14-11-20(9-10-23-2)12-16(14)21;2*3-2(4,5)1(6)7/h4-6,14,16-17H,7-12H2,1-3H3;2*(H,6,7)/t14-,16+,17+;;/m0../s1. The molecule has 2 aliphatic heterocycles. The number of ether oxygens (including phenoxy) is 2. The van der Waals surface area contributed by atoms with E-state index in [9.17, 15) is 31.1 Å². The van der Waals surface area contributed by atoms with Gasteiger partial charge in [-0.3, -0.25) is 9.69 Å². The van der Waals surface area contributed by atoms with Crippen molar-refractivity contribution in [1.82, 2.24) is 14.8 Å². The Labute approximate surface area is 214 Å². The first-order valence-corrected chi connectivity index (χ1v) is 11.1. The van der Waals surface area contributed by atoms with Crippen molar-refractivity contribution >= 4 is 17.8 Å². The number of hydrogen-bond acceptors (Lipinski definition) is 7. The Morgan fingerprint density at radius 2 is 1.58 bits per heavy atom. The van der Waals surface area contributed by atoms with E-state index in [0.717, 1.165) is 38.3 Å². The largest absolute Gasteiger partial charge is 0.490 e. The molecule has 1 aromatic heterocycles. The average molecular weight is 561 g/mol. The maximum Gasteiger partial charge on any atom is 0.490 e. The molecule has 216 valence electrons. The highest BCUT2D eigenvalue weighted by Gasteiger charge is 2.46. The van der Waals surface area contributed by atoms with Crippen LogP contribution < -0.4 is 0 Å². The van der Waals surface area contributed by atoms with Gasteiger partial charge in [0.1, 0.15) is 5.69 Å². The number of nitrogens with zero attached hydrogens (tertiary/aromatic N) is 3. The number of hydrogen-bond donors (Lipinski definition) is 2. The lowest BCUT2D eigenvalue weighted by Gasteiger charge is -2.41. The highest BCUT2D eigenvalue weighted by atomic mass is 19.4. The van der Waals surface area contributed by atoms with E-state index in [-0.39, 0.29) is 18.1 Å². The van der Waals surface area contributed by atoms with E-state index >= 15 is 0 Å². The highest BCUT2D eigenvalue weighted by molar-refractivity contribution is 5.92. The zero-order valence-electron chi connectivity index (χ0n) is 20.8. The predicted octanol–water partition coefficient (Wildman–Crippen LogP) is 2.46. The Morgan fingerprint density at radius 3 is 2.03 bits per heavy atom.